The third-order valence-corrected chi connectivity index (χ3v) is 12.5. The van der Waals surface area contributed by atoms with Gasteiger partial charge in [0.15, 0.2) is 0 Å². The molecule has 12 rings (SSSR count). The summed E-state index contributed by atoms with van der Waals surface area (Å²) in [5.74, 6) is 0. The van der Waals surface area contributed by atoms with Gasteiger partial charge in [0.1, 0.15) is 0 Å². The van der Waals surface area contributed by atoms with Crippen LogP contribution in [0.1, 0.15) is 0 Å². The van der Waals surface area contributed by atoms with Gasteiger partial charge in [-0.15, -0.1) is 0 Å². The Bertz CT molecular complexity index is 3420. The first-order chi connectivity index (χ1) is 30.3. The molecule has 0 amide bonds. The van der Waals surface area contributed by atoms with E-state index in [-0.39, 0.29) is 0 Å². The first-order valence-electron chi connectivity index (χ1n) is 21.0. The molecule has 0 aliphatic rings. The summed E-state index contributed by atoms with van der Waals surface area (Å²) in [7, 11) is 0. The topological polar surface area (TPSA) is 14.1 Å². The zero-order chi connectivity index (χ0) is 40.3. The lowest BCUT2D eigenvalue weighted by Gasteiger charge is -2.24. The molecule has 0 fully saturated rings. The number of fused-ring (bicyclic) bond motifs is 6. The Hall–Kier alpha value is -8.00. The predicted octanol–water partition coefficient (Wildman–Crippen LogP) is 16.8. The number of hydrogen-bond acceptors (Lipinski definition) is 0. The van der Waals surface area contributed by atoms with Crippen molar-refractivity contribution in [1.29, 1.82) is 0 Å². The first-order valence-corrected chi connectivity index (χ1v) is 21.0. The molecular weight excluding hydrogens is 735 g/mol. The third kappa shape index (κ3) is 5.78. The third-order valence-electron chi connectivity index (χ3n) is 12.5. The van der Waals surface area contributed by atoms with Gasteiger partial charge < -0.3 is 0 Å². The van der Waals surface area contributed by atoms with Crippen LogP contribution < -0.4 is 5.32 Å². The normalized spacial score (nSPS) is 11.6. The average Bonchev–Trinajstić information content (AvgIpc) is 3.32. The van der Waals surface area contributed by atoms with Crippen molar-refractivity contribution < 1.29 is 0 Å². The van der Waals surface area contributed by atoms with E-state index in [0.29, 0.717) is 0 Å². The van der Waals surface area contributed by atoms with Crippen LogP contribution >= 0.6 is 0 Å². The Morgan fingerprint density at radius 3 is 0.770 bits per heavy atom. The predicted molar refractivity (Wildman–Crippen MR) is 261 cm³/mol. The Balaban J connectivity index is 1.25. The Kier molecular flexibility index (Phi) is 8.25. The highest BCUT2D eigenvalue weighted by molar-refractivity contribution is 6.19. The molecule has 0 saturated carbocycles. The largest absolute Gasteiger partial charge is 0.248 e. The monoisotopic (exact) mass is 772 g/mol. The average molecular weight is 773 g/mol. The van der Waals surface area contributed by atoms with Crippen LogP contribution in [-0.4, -0.2) is 0 Å². The first kappa shape index (κ1) is 35.0. The van der Waals surface area contributed by atoms with Crippen molar-refractivity contribution in [2.75, 3.05) is 0 Å². The molecule has 61 heavy (non-hydrogen) atoms. The second kappa shape index (κ2) is 14.4. The Morgan fingerprint density at radius 2 is 0.443 bits per heavy atom. The van der Waals surface area contributed by atoms with E-state index in [1.54, 1.807) is 0 Å². The molecule has 1 radical (unpaired) electrons. The molecule has 283 valence electrons. The Morgan fingerprint density at radius 1 is 0.197 bits per heavy atom. The minimum Gasteiger partial charge on any atom is -0.248 e. The van der Waals surface area contributed by atoms with Gasteiger partial charge in [-0.1, -0.05) is 218 Å². The molecule has 0 aliphatic carbocycles. The fourth-order valence-corrected chi connectivity index (χ4v) is 9.85. The van der Waals surface area contributed by atoms with Gasteiger partial charge in [-0.2, -0.15) is 0 Å². The number of hydrogen-bond donors (Lipinski definition) is 0. The van der Waals surface area contributed by atoms with Crippen molar-refractivity contribution in [1.82, 2.24) is 5.32 Å². The molecular formula is C60H38N. The van der Waals surface area contributed by atoms with Gasteiger partial charge in [0, 0.05) is 22.3 Å². The maximum Gasteiger partial charge on any atom is 0.0728 e. The molecule has 0 aliphatic heterocycles. The maximum atomic E-state index is 6.04. The lowest BCUT2D eigenvalue weighted by molar-refractivity contribution is 1.20. The summed E-state index contributed by atoms with van der Waals surface area (Å²) in [6, 6.07) is 84.1. The summed E-state index contributed by atoms with van der Waals surface area (Å²) >= 11 is 0. The molecule has 0 spiro atoms. The van der Waals surface area contributed by atoms with Crippen LogP contribution in [0.5, 0.6) is 0 Å². The van der Waals surface area contributed by atoms with Gasteiger partial charge >= 0.3 is 0 Å². The standard InChI is InChI=1S/C60H38N/c1-7-27-45-39(17-1)23-13-33-51(45)57-49-31-11-5-21-43(49)37-55(59(57)53-35-15-25-41-19-3-9-29-47(41)53)61-56-38-44-22-6-12-32-50(44)58(52-34-14-24-40-18-2-8-28-46(40)52)60(56)54-36-16-26-42-20-4-10-30-48(42)54/h1-38H. The minimum absolute atomic E-state index is 0.929. The van der Waals surface area contributed by atoms with E-state index in [2.05, 4.69) is 231 Å². The molecule has 12 aromatic rings. The zero-order valence-electron chi connectivity index (χ0n) is 33.4. The second-order valence-electron chi connectivity index (χ2n) is 16.0. The van der Waals surface area contributed by atoms with Crippen molar-refractivity contribution in [3.8, 4) is 44.5 Å². The smallest absolute Gasteiger partial charge is 0.0728 e. The number of benzene rings is 12. The van der Waals surface area contributed by atoms with Gasteiger partial charge in [-0.25, -0.2) is 5.32 Å². The molecule has 0 unspecified atom stereocenters. The number of rotatable bonds is 6. The van der Waals surface area contributed by atoms with E-state index >= 15 is 0 Å². The summed E-state index contributed by atoms with van der Waals surface area (Å²) in [6.07, 6.45) is 0. The second-order valence-corrected chi connectivity index (χ2v) is 16.0. The highest BCUT2D eigenvalue weighted by Gasteiger charge is 2.25. The molecule has 1 heteroatoms. The fraction of sp³-hybridized carbons (Fsp3) is 0. The van der Waals surface area contributed by atoms with Crippen molar-refractivity contribution in [2.45, 2.75) is 0 Å². The van der Waals surface area contributed by atoms with E-state index in [1.165, 1.54) is 76.1 Å². The molecule has 0 heterocycles. The van der Waals surface area contributed by atoms with Crippen molar-refractivity contribution >= 4 is 76.0 Å². The lowest BCUT2D eigenvalue weighted by Crippen LogP contribution is -2.01. The van der Waals surface area contributed by atoms with Crippen LogP contribution in [0, 0.1) is 0 Å². The quantitative estimate of drug-likeness (QED) is 0.160. The molecule has 0 saturated heterocycles. The van der Waals surface area contributed by atoms with Gasteiger partial charge in [0.25, 0.3) is 0 Å². The van der Waals surface area contributed by atoms with E-state index < -0.39 is 0 Å². The highest BCUT2D eigenvalue weighted by Crippen LogP contribution is 2.52. The van der Waals surface area contributed by atoms with E-state index in [9.17, 15) is 0 Å². The van der Waals surface area contributed by atoms with E-state index in [4.69, 9.17) is 5.32 Å². The van der Waals surface area contributed by atoms with Crippen molar-refractivity contribution in [2.24, 2.45) is 0 Å². The van der Waals surface area contributed by atoms with Crippen molar-refractivity contribution in [3.63, 3.8) is 0 Å². The van der Waals surface area contributed by atoms with Gasteiger partial charge in [0.05, 0.1) is 11.4 Å². The van der Waals surface area contributed by atoms with Crippen LogP contribution in [0.15, 0.2) is 231 Å². The van der Waals surface area contributed by atoms with Gasteiger partial charge in [0.2, 0.25) is 0 Å². The van der Waals surface area contributed by atoms with E-state index in [1.807, 2.05) is 0 Å². The SMILES string of the molecule is c1ccc2c(-c3c([N]c4cc5ccccc5c(-c5cccc6ccccc56)c4-c4cccc5ccccc45)cc4ccccc4c3-c3cccc4ccccc34)cccc2c1. The molecule has 1 nitrogen and oxygen atoms in total. The lowest BCUT2D eigenvalue weighted by atomic mass is 9.83. The summed E-state index contributed by atoms with van der Waals surface area (Å²) in [6.45, 7) is 0. The minimum atomic E-state index is 0.929. The summed E-state index contributed by atoms with van der Waals surface area (Å²) in [5, 5.41) is 20.4. The van der Waals surface area contributed by atoms with Crippen LogP contribution in [-0.2, 0) is 0 Å². The van der Waals surface area contributed by atoms with Crippen LogP contribution in [0.25, 0.3) is 109 Å². The van der Waals surface area contributed by atoms with Crippen molar-refractivity contribution in [3.05, 3.63) is 231 Å². The zero-order valence-corrected chi connectivity index (χ0v) is 33.4. The Labute approximate surface area is 354 Å². The molecule has 0 aromatic heterocycles. The van der Waals surface area contributed by atoms with Crippen LogP contribution in [0.3, 0.4) is 0 Å². The fourth-order valence-electron chi connectivity index (χ4n) is 9.85. The van der Waals surface area contributed by atoms with Crippen LogP contribution in [0.4, 0.5) is 11.4 Å². The number of nitrogens with zero attached hydrogens (tertiary/aromatic N) is 1. The summed E-state index contributed by atoms with van der Waals surface area (Å²) < 4.78 is 0. The van der Waals surface area contributed by atoms with Gasteiger partial charge in [-0.3, -0.25) is 0 Å². The van der Waals surface area contributed by atoms with E-state index in [0.717, 1.165) is 44.4 Å². The molecule has 0 bridgehead atoms. The highest BCUT2D eigenvalue weighted by atomic mass is 14.9. The summed E-state index contributed by atoms with van der Waals surface area (Å²) in [4.78, 5) is 0. The maximum absolute atomic E-state index is 6.04. The molecule has 0 atom stereocenters. The van der Waals surface area contributed by atoms with Crippen LogP contribution in [0.2, 0.25) is 0 Å². The summed E-state index contributed by atoms with van der Waals surface area (Å²) in [5.41, 5.74) is 11.2. The van der Waals surface area contributed by atoms with Gasteiger partial charge in [-0.05, 0) is 99.0 Å². The molecule has 0 N–H and O–H groups in total. The molecule has 12 aromatic carbocycles.